The van der Waals surface area contributed by atoms with Crippen LogP contribution in [0.4, 0.5) is 0 Å². The highest BCUT2D eigenvalue weighted by atomic mass is 32.2. The molecule has 122 valence electrons. The third-order valence-electron chi connectivity index (χ3n) is 4.14. The van der Waals surface area contributed by atoms with Crippen molar-refractivity contribution in [3.05, 3.63) is 29.8 Å². The molecular formula is C17H22N4OS. The average Bonchev–Trinajstić information content (AvgIpc) is 2.94. The molecule has 23 heavy (non-hydrogen) atoms. The van der Waals surface area contributed by atoms with Crippen LogP contribution in [-0.2, 0) is 11.8 Å². The molecule has 0 bridgehead atoms. The van der Waals surface area contributed by atoms with E-state index >= 15 is 0 Å². The van der Waals surface area contributed by atoms with Gasteiger partial charge in [0.25, 0.3) is 0 Å². The minimum atomic E-state index is 0.204. The molecule has 1 saturated heterocycles. The molecule has 1 aliphatic heterocycles. The summed E-state index contributed by atoms with van der Waals surface area (Å²) >= 11 is 1.47. The van der Waals surface area contributed by atoms with E-state index < -0.39 is 0 Å². The maximum atomic E-state index is 12.3. The van der Waals surface area contributed by atoms with Crippen molar-refractivity contribution in [1.29, 1.82) is 0 Å². The van der Waals surface area contributed by atoms with Gasteiger partial charge in [0.1, 0.15) is 0 Å². The summed E-state index contributed by atoms with van der Waals surface area (Å²) in [5.74, 6) is 1.47. The third kappa shape index (κ3) is 3.75. The highest BCUT2D eigenvalue weighted by molar-refractivity contribution is 7.99. The van der Waals surface area contributed by atoms with Crippen molar-refractivity contribution >= 4 is 17.7 Å². The lowest BCUT2D eigenvalue weighted by Gasteiger charge is -2.26. The molecule has 1 aromatic heterocycles. The summed E-state index contributed by atoms with van der Waals surface area (Å²) < 4.78 is 1.96. The van der Waals surface area contributed by atoms with Crippen LogP contribution in [0.5, 0.6) is 0 Å². The quantitative estimate of drug-likeness (QED) is 0.809. The summed E-state index contributed by atoms with van der Waals surface area (Å²) in [6, 6.07) is 8.21. The lowest BCUT2D eigenvalue weighted by molar-refractivity contribution is -0.129. The number of thioether (sulfide) groups is 1. The number of carbonyl (C=O) groups is 1. The molecule has 1 aromatic carbocycles. The number of benzene rings is 1. The van der Waals surface area contributed by atoms with Gasteiger partial charge in [-0.3, -0.25) is 4.79 Å². The fourth-order valence-electron chi connectivity index (χ4n) is 2.84. The Morgan fingerprint density at radius 1 is 1.22 bits per heavy atom. The molecule has 0 aliphatic carbocycles. The number of aryl methyl sites for hydroxylation is 1. The molecule has 0 N–H and O–H groups in total. The van der Waals surface area contributed by atoms with Gasteiger partial charge in [0, 0.05) is 25.7 Å². The number of amides is 1. The molecule has 0 spiro atoms. The van der Waals surface area contributed by atoms with Gasteiger partial charge in [-0.2, -0.15) is 0 Å². The monoisotopic (exact) mass is 330 g/mol. The summed E-state index contributed by atoms with van der Waals surface area (Å²) in [6.45, 7) is 3.85. The molecule has 0 radical (unpaired) electrons. The maximum absolute atomic E-state index is 12.3. The molecule has 2 aromatic rings. The van der Waals surface area contributed by atoms with Crippen molar-refractivity contribution in [3.63, 3.8) is 0 Å². The van der Waals surface area contributed by atoms with Gasteiger partial charge in [-0.25, -0.2) is 0 Å². The number of rotatable bonds is 4. The van der Waals surface area contributed by atoms with Crippen molar-refractivity contribution in [3.8, 4) is 11.4 Å². The number of piperidine rings is 1. The Kier molecular flexibility index (Phi) is 5.00. The summed E-state index contributed by atoms with van der Waals surface area (Å²) in [4.78, 5) is 14.2. The van der Waals surface area contributed by atoms with E-state index in [1.165, 1.54) is 23.7 Å². The lowest BCUT2D eigenvalue weighted by Crippen LogP contribution is -2.36. The second-order valence-corrected chi connectivity index (χ2v) is 6.91. The smallest absolute Gasteiger partial charge is 0.233 e. The molecule has 2 heterocycles. The number of aromatic nitrogens is 3. The third-order valence-corrected chi connectivity index (χ3v) is 5.15. The van der Waals surface area contributed by atoms with Gasteiger partial charge in [0.15, 0.2) is 11.0 Å². The molecule has 1 fully saturated rings. The molecule has 0 atom stereocenters. The zero-order chi connectivity index (χ0) is 16.2. The molecule has 6 heteroatoms. The largest absolute Gasteiger partial charge is 0.342 e. The van der Waals surface area contributed by atoms with Crippen molar-refractivity contribution < 1.29 is 4.79 Å². The van der Waals surface area contributed by atoms with Crippen LogP contribution in [-0.4, -0.2) is 44.4 Å². The molecule has 1 aliphatic rings. The average molecular weight is 330 g/mol. The van der Waals surface area contributed by atoms with Crippen LogP contribution in [0, 0.1) is 6.92 Å². The van der Waals surface area contributed by atoms with E-state index in [9.17, 15) is 4.79 Å². The minimum Gasteiger partial charge on any atom is -0.342 e. The number of hydrogen-bond acceptors (Lipinski definition) is 4. The Morgan fingerprint density at radius 3 is 2.74 bits per heavy atom. The van der Waals surface area contributed by atoms with Crippen LogP contribution < -0.4 is 0 Å². The Balaban J connectivity index is 1.66. The van der Waals surface area contributed by atoms with Gasteiger partial charge in [-0.1, -0.05) is 35.5 Å². The first-order valence-electron chi connectivity index (χ1n) is 8.02. The van der Waals surface area contributed by atoms with Crippen LogP contribution in [0.3, 0.4) is 0 Å². The number of carbonyl (C=O) groups excluding carboxylic acids is 1. The first-order chi connectivity index (χ1) is 11.1. The Bertz CT molecular complexity index is 692. The molecule has 1 amide bonds. The summed E-state index contributed by atoms with van der Waals surface area (Å²) in [6.07, 6.45) is 3.48. The van der Waals surface area contributed by atoms with Crippen LogP contribution in [0.2, 0.25) is 0 Å². The van der Waals surface area contributed by atoms with Gasteiger partial charge in [-0.15, -0.1) is 10.2 Å². The SMILES string of the molecule is Cc1cccc(-c2nnc(SCC(=O)N3CCCCC3)n2C)c1. The van der Waals surface area contributed by atoms with E-state index in [-0.39, 0.29) is 5.91 Å². The fourth-order valence-corrected chi connectivity index (χ4v) is 3.65. The highest BCUT2D eigenvalue weighted by Gasteiger charge is 2.18. The Morgan fingerprint density at radius 2 is 2.00 bits per heavy atom. The minimum absolute atomic E-state index is 0.204. The molecule has 3 rings (SSSR count). The van der Waals surface area contributed by atoms with Crippen LogP contribution in [0.15, 0.2) is 29.4 Å². The van der Waals surface area contributed by atoms with Gasteiger partial charge in [0.2, 0.25) is 5.91 Å². The Labute approximate surface area is 141 Å². The van der Waals surface area contributed by atoms with Gasteiger partial charge < -0.3 is 9.47 Å². The van der Waals surface area contributed by atoms with Crippen LogP contribution in [0.25, 0.3) is 11.4 Å². The first-order valence-corrected chi connectivity index (χ1v) is 9.01. The molecule has 0 saturated carbocycles. The van der Waals surface area contributed by atoms with E-state index in [4.69, 9.17) is 0 Å². The predicted molar refractivity (Wildman–Crippen MR) is 92.3 cm³/mol. The summed E-state index contributed by atoms with van der Waals surface area (Å²) in [5, 5.41) is 9.31. The zero-order valence-corrected chi connectivity index (χ0v) is 14.5. The van der Waals surface area contributed by atoms with Crippen molar-refractivity contribution in [2.45, 2.75) is 31.3 Å². The maximum Gasteiger partial charge on any atom is 0.233 e. The predicted octanol–water partition coefficient (Wildman–Crippen LogP) is 2.90. The second-order valence-electron chi connectivity index (χ2n) is 5.96. The zero-order valence-electron chi connectivity index (χ0n) is 13.7. The first kappa shape index (κ1) is 16.1. The van der Waals surface area contributed by atoms with Crippen LogP contribution in [0.1, 0.15) is 24.8 Å². The number of likely N-dealkylation sites (tertiary alicyclic amines) is 1. The van der Waals surface area contributed by atoms with E-state index in [1.54, 1.807) is 0 Å². The topological polar surface area (TPSA) is 51.0 Å². The normalized spacial score (nSPS) is 15.0. The fraction of sp³-hybridized carbons (Fsp3) is 0.471. The summed E-state index contributed by atoms with van der Waals surface area (Å²) in [7, 11) is 1.95. The van der Waals surface area contributed by atoms with Crippen molar-refractivity contribution in [2.75, 3.05) is 18.8 Å². The molecule has 0 unspecified atom stereocenters. The van der Waals surface area contributed by atoms with E-state index in [0.29, 0.717) is 5.75 Å². The standard InChI is InChI=1S/C17H22N4OS/c1-13-7-6-8-14(11-13)16-18-19-17(20(16)2)23-12-15(22)21-9-4-3-5-10-21/h6-8,11H,3-5,9-10,12H2,1-2H3. The van der Waals surface area contributed by atoms with E-state index in [2.05, 4.69) is 29.3 Å². The number of hydrogen-bond donors (Lipinski definition) is 0. The van der Waals surface area contributed by atoms with Crippen molar-refractivity contribution in [2.24, 2.45) is 7.05 Å². The lowest BCUT2D eigenvalue weighted by atomic mass is 10.1. The summed E-state index contributed by atoms with van der Waals surface area (Å²) in [5.41, 5.74) is 2.24. The number of nitrogens with zero attached hydrogens (tertiary/aromatic N) is 4. The van der Waals surface area contributed by atoms with Crippen molar-refractivity contribution in [1.82, 2.24) is 19.7 Å². The second kappa shape index (κ2) is 7.17. The highest BCUT2D eigenvalue weighted by Crippen LogP contribution is 2.23. The van der Waals surface area contributed by atoms with Crippen LogP contribution >= 0.6 is 11.8 Å². The van der Waals surface area contributed by atoms with Gasteiger partial charge >= 0.3 is 0 Å². The van der Waals surface area contributed by atoms with Gasteiger partial charge in [-0.05, 0) is 32.3 Å². The molecular weight excluding hydrogens is 308 g/mol. The van der Waals surface area contributed by atoms with E-state index in [1.807, 2.05) is 28.6 Å². The van der Waals surface area contributed by atoms with E-state index in [0.717, 1.165) is 42.5 Å². The Hall–Kier alpha value is -1.82. The van der Waals surface area contributed by atoms with Gasteiger partial charge in [0.05, 0.1) is 5.75 Å². The molecule has 5 nitrogen and oxygen atoms in total.